The number of carbonyl (C=O) groups excluding carboxylic acids is 1. The molecule has 0 saturated heterocycles. The van der Waals surface area contributed by atoms with Crippen LogP contribution in [0.25, 0.3) is 11.0 Å². The van der Waals surface area contributed by atoms with Gasteiger partial charge in [-0.1, -0.05) is 31.5 Å². The normalized spacial score (nSPS) is 12.8. The summed E-state index contributed by atoms with van der Waals surface area (Å²) in [5, 5.41) is 0.737. The molecule has 1 aromatic heterocycles. The quantitative estimate of drug-likeness (QED) is 0.327. The Morgan fingerprint density at radius 1 is 1.06 bits per heavy atom. The molecule has 0 spiro atoms. The van der Waals surface area contributed by atoms with Crippen molar-refractivity contribution in [3.05, 3.63) is 69.6 Å². The van der Waals surface area contributed by atoms with Gasteiger partial charge in [-0.3, -0.25) is 0 Å². The number of fused-ring (bicyclic) bond motifs is 1. The monoisotopic (exact) mass is 457 g/mol. The van der Waals surface area contributed by atoms with E-state index in [9.17, 15) is 18.0 Å². The molecule has 1 unspecified atom stereocenters. The minimum Gasteiger partial charge on any atom is -0.425 e. The first kappa shape index (κ1) is 23.7. The fourth-order valence-electron chi connectivity index (χ4n) is 3.43. The highest BCUT2D eigenvalue weighted by Gasteiger charge is 2.29. The molecule has 0 saturated carbocycles. The summed E-state index contributed by atoms with van der Waals surface area (Å²) in [6.45, 7) is 9.11. The Morgan fingerprint density at radius 2 is 1.72 bits per heavy atom. The second kappa shape index (κ2) is 9.26. The van der Waals surface area contributed by atoms with E-state index < -0.39 is 27.7 Å². The van der Waals surface area contributed by atoms with E-state index in [1.807, 2.05) is 20.8 Å². The van der Waals surface area contributed by atoms with Gasteiger partial charge in [-0.25, -0.2) is 18.0 Å². The Balaban J connectivity index is 1.90. The summed E-state index contributed by atoms with van der Waals surface area (Å²) in [5.74, 6) is -0.488. The van der Waals surface area contributed by atoms with Crippen LogP contribution in [-0.4, -0.2) is 20.4 Å². The molecule has 170 valence electrons. The maximum atomic E-state index is 13.0. The van der Waals surface area contributed by atoms with Crippen molar-refractivity contribution >= 4 is 27.0 Å². The number of hydrogen-bond acceptors (Lipinski definition) is 6. The van der Waals surface area contributed by atoms with Crippen molar-refractivity contribution in [1.82, 2.24) is 4.72 Å². The molecule has 1 heterocycles. The number of esters is 1. The van der Waals surface area contributed by atoms with Gasteiger partial charge in [0.2, 0.25) is 10.0 Å². The second-order valence-electron chi connectivity index (χ2n) is 8.35. The van der Waals surface area contributed by atoms with Crippen LogP contribution in [0.5, 0.6) is 5.75 Å². The van der Waals surface area contributed by atoms with E-state index in [-0.39, 0.29) is 23.0 Å². The van der Waals surface area contributed by atoms with Gasteiger partial charge in [-0.2, -0.15) is 4.72 Å². The number of hydrogen-bond donors (Lipinski definition) is 1. The van der Waals surface area contributed by atoms with Crippen LogP contribution < -0.4 is 15.1 Å². The lowest BCUT2D eigenvalue weighted by molar-refractivity contribution is -0.136. The summed E-state index contributed by atoms with van der Waals surface area (Å²) in [7, 11) is -3.93. The van der Waals surface area contributed by atoms with Crippen molar-refractivity contribution in [2.75, 3.05) is 0 Å². The molecule has 0 radical (unpaired) electrons. The third-order valence-electron chi connectivity index (χ3n) is 5.15. The lowest BCUT2D eigenvalue weighted by atomic mass is 10.0. The molecular formula is C24H27NO6S. The standard InChI is InChI=1S/C24H27NO6S/c1-14(2)12-20(25-32(28,29)18-8-6-15(3)7-9-18)24(27)30-21-11-10-19-16(4)13-22(26)31-23(19)17(21)5/h6-11,13-14,20,25H,12H2,1-5H3. The number of carbonyl (C=O) groups is 1. The molecule has 0 amide bonds. The molecule has 8 heteroatoms. The summed E-state index contributed by atoms with van der Waals surface area (Å²) < 4.78 is 39.0. The molecule has 0 bridgehead atoms. The molecule has 1 N–H and O–H groups in total. The van der Waals surface area contributed by atoms with Crippen LogP contribution in [0.1, 0.15) is 37.0 Å². The van der Waals surface area contributed by atoms with Crippen LogP contribution in [0.3, 0.4) is 0 Å². The average molecular weight is 458 g/mol. The number of rotatable bonds is 7. The van der Waals surface area contributed by atoms with Crippen LogP contribution >= 0.6 is 0 Å². The number of nitrogens with one attached hydrogen (secondary N) is 1. The fraction of sp³-hybridized carbons (Fsp3) is 0.333. The van der Waals surface area contributed by atoms with E-state index in [2.05, 4.69) is 4.72 Å². The van der Waals surface area contributed by atoms with Crippen molar-refractivity contribution in [2.24, 2.45) is 5.92 Å². The topological polar surface area (TPSA) is 103 Å². The van der Waals surface area contributed by atoms with Crippen LogP contribution in [0.4, 0.5) is 0 Å². The van der Waals surface area contributed by atoms with Gasteiger partial charge >= 0.3 is 11.6 Å². The van der Waals surface area contributed by atoms with Gasteiger partial charge in [0, 0.05) is 17.0 Å². The zero-order chi connectivity index (χ0) is 23.6. The summed E-state index contributed by atoms with van der Waals surface area (Å²) in [6.07, 6.45) is 0.255. The van der Waals surface area contributed by atoms with E-state index in [4.69, 9.17) is 9.15 Å². The van der Waals surface area contributed by atoms with Crippen LogP contribution in [0.2, 0.25) is 0 Å². The Kier molecular flexibility index (Phi) is 6.85. The van der Waals surface area contributed by atoms with E-state index in [0.29, 0.717) is 11.1 Å². The highest BCUT2D eigenvalue weighted by Crippen LogP contribution is 2.28. The van der Waals surface area contributed by atoms with Crippen LogP contribution in [-0.2, 0) is 14.8 Å². The summed E-state index contributed by atoms with van der Waals surface area (Å²) in [6, 6.07) is 10.0. The minimum atomic E-state index is -3.93. The first-order valence-corrected chi connectivity index (χ1v) is 11.8. The second-order valence-corrected chi connectivity index (χ2v) is 10.1. The van der Waals surface area contributed by atoms with Crippen LogP contribution in [0, 0.1) is 26.7 Å². The predicted molar refractivity (Wildman–Crippen MR) is 122 cm³/mol. The van der Waals surface area contributed by atoms with E-state index in [1.165, 1.54) is 18.2 Å². The molecule has 3 rings (SSSR count). The van der Waals surface area contributed by atoms with E-state index in [0.717, 1.165) is 16.5 Å². The maximum absolute atomic E-state index is 13.0. The predicted octanol–water partition coefficient (Wildman–Crippen LogP) is 4.02. The molecular weight excluding hydrogens is 430 g/mol. The number of sulfonamides is 1. The zero-order valence-corrected chi connectivity index (χ0v) is 19.6. The summed E-state index contributed by atoms with van der Waals surface area (Å²) in [5.41, 5.74) is 2.00. The Bertz CT molecular complexity index is 1310. The molecule has 3 aromatic rings. The SMILES string of the molecule is Cc1ccc(S(=O)(=O)NC(CC(C)C)C(=O)Oc2ccc3c(C)cc(=O)oc3c2C)cc1. The van der Waals surface area contributed by atoms with Gasteiger partial charge in [0.1, 0.15) is 17.4 Å². The third-order valence-corrected chi connectivity index (χ3v) is 6.64. The number of aryl methyl sites for hydroxylation is 3. The lowest BCUT2D eigenvalue weighted by Crippen LogP contribution is -2.43. The molecule has 7 nitrogen and oxygen atoms in total. The smallest absolute Gasteiger partial charge is 0.336 e. The maximum Gasteiger partial charge on any atom is 0.336 e. The molecule has 32 heavy (non-hydrogen) atoms. The number of benzene rings is 2. The summed E-state index contributed by atoms with van der Waals surface area (Å²) >= 11 is 0. The highest BCUT2D eigenvalue weighted by molar-refractivity contribution is 7.89. The van der Waals surface area contributed by atoms with Crippen molar-refractivity contribution in [3.63, 3.8) is 0 Å². The zero-order valence-electron chi connectivity index (χ0n) is 18.8. The molecule has 0 aliphatic rings. The third kappa shape index (κ3) is 5.26. The average Bonchev–Trinajstić information content (AvgIpc) is 2.69. The molecule has 0 fully saturated rings. The minimum absolute atomic E-state index is 0.0339. The molecule has 0 aliphatic heterocycles. The Labute approximate surface area is 187 Å². The van der Waals surface area contributed by atoms with E-state index >= 15 is 0 Å². The van der Waals surface area contributed by atoms with Gasteiger partial charge in [0.25, 0.3) is 0 Å². The largest absolute Gasteiger partial charge is 0.425 e. The van der Waals surface area contributed by atoms with Gasteiger partial charge in [-0.05, 0) is 62.9 Å². The van der Waals surface area contributed by atoms with Crippen LogP contribution in [0.15, 0.2) is 56.6 Å². The number of ether oxygens (including phenoxy) is 1. The van der Waals surface area contributed by atoms with Gasteiger partial charge < -0.3 is 9.15 Å². The first-order valence-electron chi connectivity index (χ1n) is 10.3. The van der Waals surface area contributed by atoms with Gasteiger partial charge in [0.05, 0.1) is 4.90 Å². The van der Waals surface area contributed by atoms with Crippen molar-refractivity contribution < 1.29 is 22.4 Å². The van der Waals surface area contributed by atoms with Crippen molar-refractivity contribution in [3.8, 4) is 5.75 Å². The Hall–Kier alpha value is -2.97. The van der Waals surface area contributed by atoms with Crippen molar-refractivity contribution in [1.29, 1.82) is 0 Å². The molecule has 0 aliphatic carbocycles. The first-order chi connectivity index (χ1) is 15.0. The fourth-order valence-corrected chi connectivity index (χ4v) is 4.62. The molecule has 2 aromatic carbocycles. The Morgan fingerprint density at radius 3 is 2.34 bits per heavy atom. The highest BCUT2D eigenvalue weighted by atomic mass is 32.2. The van der Waals surface area contributed by atoms with Gasteiger partial charge in [-0.15, -0.1) is 0 Å². The van der Waals surface area contributed by atoms with Crippen molar-refractivity contribution in [2.45, 2.75) is 52.0 Å². The molecule has 1 atom stereocenters. The van der Waals surface area contributed by atoms with Gasteiger partial charge in [0.15, 0.2) is 0 Å². The summed E-state index contributed by atoms with van der Waals surface area (Å²) in [4.78, 5) is 24.8. The van der Waals surface area contributed by atoms with E-state index in [1.54, 1.807) is 38.1 Å². The lowest BCUT2D eigenvalue weighted by Gasteiger charge is -2.20.